The summed E-state index contributed by atoms with van der Waals surface area (Å²) in [5, 5.41) is 0. The van der Waals surface area contributed by atoms with Gasteiger partial charge in [0.05, 0.1) is 7.11 Å². The van der Waals surface area contributed by atoms with Crippen LogP contribution in [0.5, 0.6) is 5.75 Å². The molecule has 0 atom stereocenters. The highest BCUT2D eigenvalue weighted by molar-refractivity contribution is 5.70. The smallest absolute Gasteiger partial charge is 0.121 e. The Labute approximate surface area is 94.6 Å². The van der Waals surface area contributed by atoms with Crippen LogP contribution in [-0.4, -0.2) is 7.11 Å². The Morgan fingerprint density at radius 1 is 0.812 bits per heavy atom. The second kappa shape index (κ2) is 4.14. The van der Waals surface area contributed by atoms with Gasteiger partial charge in [-0.05, 0) is 35.4 Å². The normalized spacial score (nSPS) is 10.1. The van der Waals surface area contributed by atoms with Gasteiger partial charge in [-0.25, -0.2) is 0 Å². The molecule has 0 heterocycles. The van der Waals surface area contributed by atoms with E-state index in [0.29, 0.717) is 5.69 Å². The van der Waals surface area contributed by atoms with Crippen LogP contribution in [0, 0.1) is 0 Å². The summed E-state index contributed by atoms with van der Waals surface area (Å²) in [6.07, 6.45) is 0. The molecule has 0 aromatic heterocycles. The highest BCUT2D eigenvalue weighted by Crippen LogP contribution is 2.27. The van der Waals surface area contributed by atoms with Crippen molar-refractivity contribution in [3.8, 4) is 16.9 Å². The fourth-order valence-corrected chi connectivity index (χ4v) is 1.58. The summed E-state index contributed by atoms with van der Waals surface area (Å²) in [5.74, 6) is 0.756. The van der Waals surface area contributed by atoms with Crippen molar-refractivity contribution in [3.63, 3.8) is 0 Å². The molecule has 0 aliphatic rings. The van der Waals surface area contributed by atoms with E-state index in [1.807, 2.05) is 36.4 Å². The number of rotatable bonds is 2. The Hall–Kier alpha value is -2.16. The zero-order valence-corrected chi connectivity index (χ0v) is 9.10. The van der Waals surface area contributed by atoms with Gasteiger partial charge in [0, 0.05) is 17.4 Å². The molecule has 0 aliphatic heterocycles. The Morgan fingerprint density at radius 2 is 1.50 bits per heavy atom. The van der Waals surface area contributed by atoms with Crippen molar-refractivity contribution in [1.29, 1.82) is 0 Å². The van der Waals surface area contributed by atoms with Crippen LogP contribution in [0.3, 0.4) is 0 Å². The van der Waals surface area contributed by atoms with Gasteiger partial charge in [-0.15, -0.1) is 0 Å². The molecule has 82 valence electrons. The third kappa shape index (κ3) is 2.08. The lowest BCUT2D eigenvalue weighted by Crippen LogP contribution is -1.90. The third-order valence-electron chi connectivity index (χ3n) is 2.41. The van der Waals surface area contributed by atoms with E-state index in [-0.39, 0.29) is 0 Å². The predicted molar refractivity (Wildman–Crippen MR) is 67.3 cm³/mol. The molecule has 0 amide bonds. The lowest BCUT2D eigenvalue weighted by Gasteiger charge is -2.07. The lowest BCUT2D eigenvalue weighted by atomic mass is 10.0. The first kappa shape index (κ1) is 10.4. The molecule has 0 fully saturated rings. The average Bonchev–Trinajstić information content (AvgIpc) is 2.29. The molecule has 0 unspecified atom stereocenters. The molecule has 2 rings (SSSR count). The Morgan fingerprint density at radius 3 is 2.12 bits per heavy atom. The monoisotopic (exact) mass is 214 g/mol. The molecule has 4 N–H and O–H groups in total. The van der Waals surface area contributed by atoms with E-state index >= 15 is 0 Å². The molecule has 0 spiro atoms. The van der Waals surface area contributed by atoms with Crippen molar-refractivity contribution in [3.05, 3.63) is 42.5 Å². The Kier molecular flexibility index (Phi) is 2.68. The van der Waals surface area contributed by atoms with Crippen LogP contribution in [0.15, 0.2) is 42.5 Å². The highest BCUT2D eigenvalue weighted by Gasteiger charge is 2.01. The minimum absolute atomic E-state index is 0.686. The molecule has 0 saturated heterocycles. The second-order valence-corrected chi connectivity index (χ2v) is 3.62. The van der Waals surface area contributed by atoms with Gasteiger partial charge in [-0.3, -0.25) is 0 Å². The summed E-state index contributed by atoms with van der Waals surface area (Å²) in [6, 6.07) is 13.3. The van der Waals surface area contributed by atoms with Crippen molar-refractivity contribution >= 4 is 11.4 Å². The molecule has 3 nitrogen and oxygen atoms in total. The summed E-state index contributed by atoms with van der Waals surface area (Å²) in [7, 11) is 1.63. The predicted octanol–water partition coefficient (Wildman–Crippen LogP) is 2.53. The fraction of sp³-hybridized carbons (Fsp3) is 0.0769. The maximum atomic E-state index is 5.80. The molecule has 0 saturated carbocycles. The Bertz CT molecular complexity index is 492. The van der Waals surface area contributed by atoms with Crippen LogP contribution in [0.1, 0.15) is 0 Å². The van der Waals surface area contributed by atoms with Gasteiger partial charge in [0.15, 0.2) is 0 Å². The van der Waals surface area contributed by atoms with Crippen molar-refractivity contribution in [2.45, 2.75) is 0 Å². The minimum atomic E-state index is 0.686. The molecular formula is C13H14N2O. The first-order valence-corrected chi connectivity index (χ1v) is 4.99. The van der Waals surface area contributed by atoms with Crippen LogP contribution >= 0.6 is 0 Å². The molecule has 0 aliphatic carbocycles. The van der Waals surface area contributed by atoms with E-state index in [1.165, 1.54) is 0 Å². The van der Waals surface area contributed by atoms with Gasteiger partial charge >= 0.3 is 0 Å². The molecule has 2 aromatic carbocycles. The van der Waals surface area contributed by atoms with E-state index in [4.69, 9.17) is 16.2 Å². The number of ether oxygens (including phenoxy) is 1. The molecule has 0 bridgehead atoms. The SMILES string of the molecule is COc1cc(N)cc(-c2ccc(N)cc2)c1. The Balaban J connectivity index is 2.47. The van der Waals surface area contributed by atoms with Crippen LogP contribution < -0.4 is 16.2 Å². The molecule has 16 heavy (non-hydrogen) atoms. The molecule has 0 radical (unpaired) electrons. The van der Waals surface area contributed by atoms with E-state index < -0.39 is 0 Å². The lowest BCUT2D eigenvalue weighted by molar-refractivity contribution is 0.415. The van der Waals surface area contributed by atoms with Crippen LogP contribution in [0.2, 0.25) is 0 Å². The van der Waals surface area contributed by atoms with Crippen molar-refractivity contribution < 1.29 is 4.74 Å². The molecule has 2 aromatic rings. The number of hydrogen-bond acceptors (Lipinski definition) is 3. The summed E-state index contributed by atoms with van der Waals surface area (Å²) in [5.41, 5.74) is 15.0. The summed E-state index contributed by atoms with van der Waals surface area (Å²) in [6.45, 7) is 0. The van der Waals surface area contributed by atoms with Crippen LogP contribution in [0.4, 0.5) is 11.4 Å². The van der Waals surface area contributed by atoms with Crippen LogP contribution in [-0.2, 0) is 0 Å². The van der Waals surface area contributed by atoms with Crippen molar-refractivity contribution in [2.24, 2.45) is 0 Å². The number of methoxy groups -OCH3 is 1. The van der Waals surface area contributed by atoms with Gasteiger partial charge in [0.2, 0.25) is 0 Å². The van der Waals surface area contributed by atoms with Gasteiger partial charge in [-0.1, -0.05) is 12.1 Å². The van der Waals surface area contributed by atoms with Gasteiger partial charge in [-0.2, -0.15) is 0 Å². The second-order valence-electron chi connectivity index (χ2n) is 3.62. The van der Waals surface area contributed by atoms with E-state index in [9.17, 15) is 0 Å². The van der Waals surface area contributed by atoms with Gasteiger partial charge < -0.3 is 16.2 Å². The first-order chi connectivity index (χ1) is 7.69. The zero-order chi connectivity index (χ0) is 11.5. The summed E-state index contributed by atoms with van der Waals surface area (Å²) < 4.78 is 5.18. The zero-order valence-electron chi connectivity index (χ0n) is 9.10. The fourth-order valence-electron chi connectivity index (χ4n) is 1.58. The topological polar surface area (TPSA) is 61.3 Å². The highest BCUT2D eigenvalue weighted by atomic mass is 16.5. The molecular weight excluding hydrogens is 200 g/mol. The number of nitrogen functional groups attached to an aromatic ring is 2. The van der Waals surface area contributed by atoms with Crippen LogP contribution in [0.25, 0.3) is 11.1 Å². The van der Waals surface area contributed by atoms with Crippen molar-refractivity contribution in [1.82, 2.24) is 0 Å². The van der Waals surface area contributed by atoms with E-state index in [2.05, 4.69) is 0 Å². The number of hydrogen-bond donors (Lipinski definition) is 2. The average molecular weight is 214 g/mol. The maximum Gasteiger partial charge on any atom is 0.121 e. The summed E-state index contributed by atoms with van der Waals surface area (Å²) >= 11 is 0. The number of benzene rings is 2. The van der Waals surface area contributed by atoms with Gasteiger partial charge in [0.25, 0.3) is 0 Å². The van der Waals surface area contributed by atoms with Crippen molar-refractivity contribution in [2.75, 3.05) is 18.6 Å². The van der Waals surface area contributed by atoms with Gasteiger partial charge in [0.1, 0.15) is 5.75 Å². The maximum absolute atomic E-state index is 5.80. The number of anilines is 2. The number of nitrogens with two attached hydrogens (primary N) is 2. The first-order valence-electron chi connectivity index (χ1n) is 4.99. The van der Waals surface area contributed by atoms with E-state index in [1.54, 1.807) is 13.2 Å². The van der Waals surface area contributed by atoms with E-state index in [0.717, 1.165) is 22.6 Å². The third-order valence-corrected chi connectivity index (χ3v) is 2.41. The minimum Gasteiger partial charge on any atom is -0.497 e. The molecule has 3 heteroatoms. The summed E-state index contributed by atoms with van der Waals surface area (Å²) in [4.78, 5) is 0. The standard InChI is InChI=1S/C13H14N2O/c1-16-13-7-10(6-12(15)8-13)9-2-4-11(14)5-3-9/h2-8H,14-15H2,1H3. The largest absolute Gasteiger partial charge is 0.497 e. The quantitative estimate of drug-likeness (QED) is 0.755.